The molecular weight excluding hydrogens is 326 g/mol. The Morgan fingerprint density at radius 2 is 1.65 bits per heavy atom. The van der Waals surface area contributed by atoms with Crippen molar-refractivity contribution in [3.63, 3.8) is 0 Å². The Morgan fingerprint density at radius 3 is 2.48 bits per heavy atom. The van der Waals surface area contributed by atoms with Crippen LogP contribution < -0.4 is 5.32 Å². The van der Waals surface area contributed by atoms with Crippen molar-refractivity contribution >= 4 is 55.4 Å². The summed E-state index contributed by atoms with van der Waals surface area (Å²) in [6, 6.07) is 21.4. The molecule has 0 bridgehead atoms. The van der Waals surface area contributed by atoms with Gasteiger partial charge in [-0.2, -0.15) is 0 Å². The fourth-order valence-electron chi connectivity index (χ4n) is 2.61. The molecule has 23 heavy (non-hydrogen) atoms. The molecule has 0 saturated heterocycles. The molecule has 0 radical (unpaired) electrons. The molecular formula is C19H12ClNOS. The molecule has 4 aromatic rings. The van der Waals surface area contributed by atoms with E-state index >= 15 is 0 Å². The van der Waals surface area contributed by atoms with Crippen LogP contribution in [0.5, 0.6) is 0 Å². The van der Waals surface area contributed by atoms with Crippen molar-refractivity contribution in [3.8, 4) is 0 Å². The average Bonchev–Trinajstić information content (AvgIpc) is 3.02. The molecule has 0 atom stereocenters. The van der Waals surface area contributed by atoms with Crippen molar-refractivity contribution in [2.24, 2.45) is 0 Å². The summed E-state index contributed by atoms with van der Waals surface area (Å²) < 4.78 is 1.14. The van der Waals surface area contributed by atoms with E-state index in [0.717, 1.165) is 15.8 Å². The van der Waals surface area contributed by atoms with Gasteiger partial charge in [-0.1, -0.05) is 48.0 Å². The summed E-state index contributed by atoms with van der Waals surface area (Å²) in [6.07, 6.45) is 0. The monoisotopic (exact) mass is 337 g/mol. The van der Waals surface area contributed by atoms with Gasteiger partial charge in [-0.15, -0.1) is 11.3 Å². The summed E-state index contributed by atoms with van der Waals surface area (Å²) in [4.78, 5) is 13.2. The van der Waals surface area contributed by atoms with E-state index in [1.807, 2.05) is 18.2 Å². The lowest BCUT2D eigenvalue weighted by atomic mass is 10.1. The Bertz CT molecular complexity index is 1020. The van der Waals surface area contributed by atoms with Crippen LogP contribution in [0.2, 0.25) is 5.02 Å². The van der Waals surface area contributed by atoms with E-state index < -0.39 is 0 Å². The smallest absolute Gasteiger partial charge is 0.265 e. The van der Waals surface area contributed by atoms with E-state index in [2.05, 4.69) is 29.6 Å². The van der Waals surface area contributed by atoms with E-state index in [-0.39, 0.29) is 5.91 Å². The molecule has 1 N–H and O–H groups in total. The highest BCUT2D eigenvalue weighted by Gasteiger charge is 2.12. The molecule has 112 valence electrons. The second kappa shape index (κ2) is 5.69. The molecule has 0 saturated carbocycles. The SMILES string of the molecule is O=C(Nc1ccc(Cl)cc1)c1cc2ccc3ccccc3c2s1. The van der Waals surface area contributed by atoms with Gasteiger partial charge in [-0.3, -0.25) is 4.79 Å². The molecule has 0 aliphatic rings. The number of thiophene rings is 1. The van der Waals surface area contributed by atoms with Crippen LogP contribution in [0.4, 0.5) is 5.69 Å². The van der Waals surface area contributed by atoms with Gasteiger partial charge in [-0.25, -0.2) is 0 Å². The topological polar surface area (TPSA) is 29.1 Å². The minimum absolute atomic E-state index is 0.0994. The minimum atomic E-state index is -0.0994. The number of anilines is 1. The van der Waals surface area contributed by atoms with Crippen LogP contribution in [-0.2, 0) is 0 Å². The lowest BCUT2D eigenvalue weighted by Gasteiger charge is -2.02. The Hall–Kier alpha value is -2.36. The van der Waals surface area contributed by atoms with Crippen LogP contribution in [0.15, 0.2) is 66.7 Å². The van der Waals surface area contributed by atoms with Gasteiger partial charge >= 0.3 is 0 Å². The van der Waals surface area contributed by atoms with Gasteiger partial charge in [0.15, 0.2) is 0 Å². The molecule has 0 fully saturated rings. The van der Waals surface area contributed by atoms with E-state index in [9.17, 15) is 4.79 Å². The molecule has 1 heterocycles. The first-order chi connectivity index (χ1) is 11.2. The minimum Gasteiger partial charge on any atom is -0.321 e. The van der Waals surface area contributed by atoms with Crippen LogP contribution in [0.3, 0.4) is 0 Å². The van der Waals surface area contributed by atoms with Crippen molar-refractivity contribution in [2.45, 2.75) is 0 Å². The van der Waals surface area contributed by atoms with Gasteiger partial charge in [0, 0.05) is 15.4 Å². The van der Waals surface area contributed by atoms with Crippen LogP contribution in [0, 0.1) is 0 Å². The zero-order valence-corrected chi connectivity index (χ0v) is 13.6. The molecule has 0 aliphatic carbocycles. The number of carbonyl (C=O) groups excluding carboxylic acids is 1. The third kappa shape index (κ3) is 2.69. The second-order valence-electron chi connectivity index (χ2n) is 5.28. The molecule has 4 heteroatoms. The summed E-state index contributed by atoms with van der Waals surface area (Å²) in [6.45, 7) is 0. The number of nitrogens with one attached hydrogen (secondary N) is 1. The Kier molecular flexibility index (Phi) is 3.52. The van der Waals surface area contributed by atoms with Gasteiger partial charge < -0.3 is 5.32 Å². The van der Waals surface area contributed by atoms with Crippen LogP contribution in [-0.4, -0.2) is 5.91 Å². The summed E-state index contributed by atoms with van der Waals surface area (Å²) in [5, 5.41) is 7.02. The molecule has 3 aromatic carbocycles. The molecule has 0 unspecified atom stereocenters. The zero-order chi connectivity index (χ0) is 15.8. The van der Waals surface area contributed by atoms with Gasteiger partial charge in [0.2, 0.25) is 0 Å². The number of hydrogen-bond donors (Lipinski definition) is 1. The van der Waals surface area contributed by atoms with Gasteiger partial charge in [0.25, 0.3) is 5.91 Å². The maximum Gasteiger partial charge on any atom is 0.265 e. The molecule has 0 aliphatic heterocycles. The van der Waals surface area contributed by atoms with E-state index in [1.165, 1.54) is 22.1 Å². The number of rotatable bonds is 2. The fraction of sp³-hybridized carbons (Fsp3) is 0. The molecule has 4 rings (SSSR count). The van der Waals surface area contributed by atoms with Crippen LogP contribution in [0.25, 0.3) is 20.9 Å². The Balaban J connectivity index is 1.72. The predicted molar refractivity (Wildman–Crippen MR) is 98.7 cm³/mol. The molecule has 1 amide bonds. The maximum absolute atomic E-state index is 12.5. The van der Waals surface area contributed by atoms with Crippen molar-refractivity contribution in [1.82, 2.24) is 0 Å². The molecule has 0 spiro atoms. The highest BCUT2D eigenvalue weighted by atomic mass is 35.5. The third-order valence-electron chi connectivity index (χ3n) is 3.73. The zero-order valence-electron chi connectivity index (χ0n) is 12.0. The van der Waals surface area contributed by atoms with Gasteiger partial charge in [-0.05, 0) is 46.5 Å². The fourth-order valence-corrected chi connectivity index (χ4v) is 3.82. The van der Waals surface area contributed by atoms with E-state index in [1.54, 1.807) is 24.3 Å². The van der Waals surface area contributed by atoms with E-state index in [0.29, 0.717) is 9.90 Å². The first-order valence-corrected chi connectivity index (χ1v) is 8.38. The van der Waals surface area contributed by atoms with Gasteiger partial charge in [0.1, 0.15) is 0 Å². The maximum atomic E-state index is 12.5. The predicted octanol–water partition coefficient (Wildman–Crippen LogP) is 5.96. The normalized spacial score (nSPS) is 11.0. The summed E-state index contributed by atoms with van der Waals surface area (Å²) in [5.74, 6) is -0.0994. The van der Waals surface area contributed by atoms with Crippen molar-refractivity contribution in [1.29, 1.82) is 0 Å². The number of amides is 1. The summed E-state index contributed by atoms with van der Waals surface area (Å²) in [7, 11) is 0. The molecule has 2 nitrogen and oxygen atoms in total. The third-order valence-corrected chi connectivity index (χ3v) is 5.17. The van der Waals surface area contributed by atoms with Crippen molar-refractivity contribution < 1.29 is 4.79 Å². The lowest BCUT2D eigenvalue weighted by molar-refractivity contribution is 0.103. The first kappa shape index (κ1) is 14.2. The summed E-state index contributed by atoms with van der Waals surface area (Å²) >= 11 is 7.38. The Labute approximate surface area is 142 Å². The second-order valence-corrected chi connectivity index (χ2v) is 6.77. The number of hydrogen-bond acceptors (Lipinski definition) is 2. The average molecular weight is 338 g/mol. The van der Waals surface area contributed by atoms with Crippen molar-refractivity contribution in [2.75, 3.05) is 5.32 Å². The summed E-state index contributed by atoms with van der Waals surface area (Å²) in [5.41, 5.74) is 0.738. The number of benzene rings is 3. The molecule has 1 aromatic heterocycles. The lowest BCUT2D eigenvalue weighted by Crippen LogP contribution is -2.09. The highest BCUT2D eigenvalue weighted by molar-refractivity contribution is 7.21. The standard InChI is InChI=1S/C19H12ClNOS/c20-14-7-9-15(10-8-14)21-19(22)17-11-13-6-5-12-3-1-2-4-16(12)18(13)23-17/h1-11H,(H,21,22). The quantitative estimate of drug-likeness (QED) is 0.480. The highest BCUT2D eigenvalue weighted by Crippen LogP contribution is 2.33. The number of halogens is 1. The largest absolute Gasteiger partial charge is 0.321 e. The number of carbonyl (C=O) groups is 1. The first-order valence-electron chi connectivity index (χ1n) is 7.19. The van der Waals surface area contributed by atoms with Crippen LogP contribution >= 0.6 is 22.9 Å². The van der Waals surface area contributed by atoms with Crippen molar-refractivity contribution in [3.05, 3.63) is 76.6 Å². The van der Waals surface area contributed by atoms with E-state index in [4.69, 9.17) is 11.6 Å². The van der Waals surface area contributed by atoms with Gasteiger partial charge in [0.05, 0.1) is 4.88 Å². The van der Waals surface area contributed by atoms with Crippen LogP contribution in [0.1, 0.15) is 9.67 Å². The number of fused-ring (bicyclic) bond motifs is 3. The Morgan fingerprint density at radius 1 is 0.913 bits per heavy atom.